The maximum Gasteiger partial charge on any atom is 0.00966 e. The summed E-state index contributed by atoms with van der Waals surface area (Å²) < 4.78 is 0. The molecule has 0 amide bonds. The minimum Gasteiger partial charge on any atom is -0.312 e. The molecule has 0 spiro atoms. The summed E-state index contributed by atoms with van der Waals surface area (Å²) in [6.45, 7) is 9.83. The molecule has 0 aliphatic carbocycles. The van der Waals surface area contributed by atoms with Crippen LogP contribution in [0.3, 0.4) is 0 Å². The van der Waals surface area contributed by atoms with Crippen molar-refractivity contribution in [1.29, 1.82) is 0 Å². The number of rotatable bonds is 3. The van der Waals surface area contributed by atoms with Crippen molar-refractivity contribution >= 4 is 11.3 Å². The summed E-state index contributed by atoms with van der Waals surface area (Å²) in [4.78, 5) is 2.89. The van der Waals surface area contributed by atoms with Crippen LogP contribution in [0.2, 0.25) is 0 Å². The Morgan fingerprint density at radius 1 is 1.31 bits per heavy atom. The first-order valence-electron chi connectivity index (χ1n) is 4.78. The van der Waals surface area contributed by atoms with E-state index in [0.29, 0.717) is 0 Å². The molecule has 74 valence electrons. The van der Waals surface area contributed by atoms with Crippen LogP contribution in [0.1, 0.15) is 30.5 Å². The molecule has 1 aromatic heterocycles. The van der Waals surface area contributed by atoms with E-state index in [4.69, 9.17) is 0 Å². The smallest absolute Gasteiger partial charge is 0.00966 e. The van der Waals surface area contributed by atoms with Crippen LogP contribution >= 0.6 is 11.3 Å². The van der Waals surface area contributed by atoms with Gasteiger partial charge < -0.3 is 5.32 Å². The van der Waals surface area contributed by atoms with Crippen LogP contribution in [0, 0.1) is 6.92 Å². The molecule has 0 atom stereocenters. The molecule has 1 N–H and O–H groups in total. The first-order chi connectivity index (χ1) is 5.97. The molecule has 0 radical (unpaired) electrons. The fourth-order valence-electron chi connectivity index (χ4n) is 1.18. The molecule has 1 heterocycles. The predicted octanol–water partition coefficient (Wildman–Crippen LogP) is 2.99. The summed E-state index contributed by atoms with van der Waals surface area (Å²) in [7, 11) is 0. The highest BCUT2D eigenvalue weighted by atomic mass is 32.1. The zero-order valence-corrected chi connectivity index (χ0v) is 9.79. The van der Waals surface area contributed by atoms with E-state index in [1.807, 2.05) is 11.3 Å². The average Bonchev–Trinajstić information content (AvgIpc) is 2.33. The molecule has 0 aliphatic heterocycles. The van der Waals surface area contributed by atoms with Gasteiger partial charge in [-0.25, -0.2) is 0 Å². The minimum absolute atomic E-state index is 0.242. The molecule has 2 heteroatoms. The molecule has 0 fully saturated rings. The van der Waals surface area contributed by atoms with Crippen LogP contribution in [0.5, 0.6) is 0 Å². The fourth-order valence-corrected chi connectivity index (χ4v) is 2.07. The molecule has 1 nitrogen and oxygen atoms in total. The van der Waals surface area contributed by atoms with E-state index in [1.54, 1.807) is 0 Å². The number of thiophene rings is 1. The van der Waals surface area contributed by atoms with Crippen LogP contribution in [0.4, 0.5) is 0 Å². The van der Waals surface area contributed by atoms with Crippen molar-refractivity contribution in [2.45, 2.75) is 39.7 Å². The van der Waals surface area contributed by atoms with Crippen LogP contribution < -0.4 is 5.32 Å². The average molecular weight is 197 g/mol. The molecular weight excluding hydrogens is 178 g/mol. The lowest BCUT2D eigenvalue weighted by atomic mass is 10.1. The maximum absolute atomic E-state index is 3.49. The molecule has 0 aliphatic rings. The van der Waals surface area contributed by atoms with Gasteiger partial charge in [-0.1, -0.05) is 0 Å². The summed E-state index contributed by atoms with van der Waals surface area (Å²) >= 11 is 1.90. The SMILES string of the molecule is Cc1ccc(CCNC(C)(C)C)s1. The number of aryl methyl sites for hydroxylation is 1. The normalized spacial score (nSPS) is 12.0. The standard InChI is InChI=1S/C11H19NS/c1-9-5-6-10(13-9)7-8-12-11(2,3)4/h5-6,12H,7-8H2,1-4H3. The quantitative estimate of drug-likeness (QED) is 0.785. The van der Waals surface area contributed by atoms with Gasteiger partial charge >= 0.3 is 0 Å². The maximum atomic E-state index is 3.49. The second-order valence-corrected chi connectivity index (χ2v) is 5.81. The lowest BCUT2D eigenvalue weighted by Gasteiger charge is -2.20. The molecule has 0 bridgehead atoms. The van der Waals surface area contributed by atoms with Gasteiger partial charge in [0.25, 0.3) is 0 Å². The molecule has 0 aromatic carbocycles. The lowest BCUT2D eigenvalue weighted by molar-refractivity contribution is 0.430. The summed E-state index contributed by atoms with van der Waals surface area (Å²) in [6, 6.07) is 4.42. The van der Waals surface area contributed by atoms with Crippen molar-refractivity contribution in [1.82, 2.24) is 5.32 Å². The van der Waals surface area contributed by atoms with E-state index < -0.39 is 0 Å². The van der Waals surface area contributed by atoms with Gasteiger partial charge in [0.2, 0.25) is 0 Å². The van der Waals surface area contributed by atoms with Crippen LogP contribution in [0.25, 0.3) is 0 Å². The molecule has 1 rings (SSSR count). The van der Waals surface area contributed by atoms with Crippen LogP contribution in [0.15, 0.2) is 12.1 Å². The number of hydrogen-bond acceptors (Lipinski definition) is 2. The lowest BCUT2D eigenvalue weighted by Crippen LogP contribution is -2.36. The topological polar surface area (TPSA) is 12.0 Å². The number of nitrogens with one attached hydrogen (secondary N) is 1. The Balaban J connectivity index is 2.28. The van der Waals surface area contributed by atoms with Crippen LogP contribution in [-0.4, -0.2) is 12.1 Å². The van der Waals surface area contributed by atoms with Crippen LogP contribution in [-0.2, 0) is 6.42 Å². The Morgan fingerprint density at radius 3 is 2.46 bits per heavy atom. The zero-order valence-electron chi connectivity index (χ0n) is 8.98. The monoisotopic (exact) mass is 197 g/mol. The highest BCUT2D eigenvalue weighted by Gasteiger charge is 2.07. The third-order valence-electron chi connectivity index (χ3n) is 1.82. The summed E-state index contributed by atoms with van der Waals surface area (Å²) in [6.07, 6.45) is 1.15. The number of hydrogen-bond donors (Lipinski definition) is 1. The predicted molar refractivity (Wildman–Crippen MR) is 60.5 cm³/mol. The molecule has 0 saturated carbocycles. The van der Waals surface area contributed by atoms with Crippen molar-refractivity contribution in [3.05, 3.63) is 21.9 Å². The first kappa shape index (κ1) is 10.7. The minimum atomic E-state index is 0.242. The van der Waals surface area contributed by atoms with Gasteiger partial charge in [0.1, 0.15) is 0 Å². The van der Waals surface area contributed by atoms with E-state index in [-0.39, 0.29) is 5.54 Å². The Hall–Kier alpha value is -0.340. The summed E-state index contributed by atoms with van der Waals surface area (Å²) in [5, 5.41) is 3.49. The summed E-state index contributed by atoms with van der Waals surface area (Å²) in [5.41, 5.74) is 0.242. The third kappa shape index (κ3) is 4.44. The van der Waals surface area contributed by atoms with E-state index in [0.717, 1.165) is 13.0 Å². The van der Waals surface area contributed by atoms with E-state index in [2.05, 4.69) is 45.1 Å². The fraction of sp³-hybridized carbons (Fsp3) is 0.636. The second-order valence-electron chi connectivity index (χ2n) is 4.44. The highest BCUT2D eigenvalue weighted by molar-refractivity contribution is 7.11. The molecule has 13 heavy (non-hydrogen) atoms. The molecule has 0 unspecified atom stereocenters. The molecule has 1 aromatic rings. The van der Waals surface area contributed by atoms with Gasteiger partial charge in [-0.2, -0.15) is 0 Å². The summed E-state index contributed by atoms with van der Waals surface area (Å²) in [5.74, 6) is 0. The Morgan fingerprint density at radius 2 is 2.00 bits per heavy atom. The Labute approximate surface area is 85.2 Å². The van der Waals surface area contributed by atoms with Gasteiger partial charge in [0.15, 0.2) is 0 Å². The van der Waals surface area contributed by atoms with E-state index in [9.17, 15) is 0 Å². The van der Waals surface area contributed by atoms with Gasteiger partial charge in [0, 0.05) is 21.8 Å². The molecule has 0 saturated heterocycles. The van der Waals surface area contributed by atoms with E-state index >= 15 is 0 Å². The van der Waals surface area contributed by atoms with E-state index in [1.165, 1.54) is 9.75 Å². The van der Waals surface area contributed by atoms with Gasteiger partial charge in [-0.3, -0.25) is 0 Å². The van der Waals surface area contributed by atoms with Crippen molar-refractivity contribution < 1.29 is 0 Å². The zero-order chi connectivity index (χ0) is 9.90. The van der Waals surface area contributed by atoms with Crippen molar-refractivity contribution in [3.8, 4) is 0 Å². The molecular formula is C11H19NS. The van der Waals surface area contributed by atoms with Crippen molar-refractivity contribution in [2.75, 3.05) is 6.54 Å². The van der Waals surface area contributed by atoms with Crippen molar-refractivity contribution in [3.63, 3.8) is 0 Å². The van der Waals surface area contributed by atoms with Gasteiger partial charge in [-0.15, -0.1) is 11.3 Å². The Kier molecular flexibility index (Phi) is 3.51. The van der Waals surface area contributed by atoms with Crippen molar-refractivity contribution in [2.24, 2.45) is 0 Å². The third-order valence-corrected chi connectivity index (χ3v) is 2.88. The Bertz CT molecular complexity index is 257. The second kappa shape index (κ2) is 4.25. The highest BCUT2D eigenvalue weighted by Crippen LogP contribution is 2.15. The largest absolute Gasteiger partial charge is 0.312 e. The first-order valence-corrected chi connectivity index (χ1v) is 5.59. The van der Waals surface area contributed by atoms with Gasteiger partial charge in [-0.05, 0) is 46.2 Å². The van der Waals surface area contributed by atoms with Gasteiger partial charge in [0.05, 0.1) is 0 Å².